The lowest BCUT2D eigenvalue weighted by Gasteiger charge is -2.26. The quantitative estimate of drug-likeness (QED) is 0.813. The van der Waals surface area contributed by atoms with Gasteiger partial charge in [0.1, 0.15) is 5.82 Å². The summed E-state index contributed by atoms with van der Waals surface area (Å²) in [7, 11) is 0. The fourth-order valence-corrected chi connectivity index (χ4v) is 1.91. The number of hydrogen-bond donors (Lipinski definition) is 2. The van der Waals surface area contributed by atoms with Crippen molar-refractivity contribution < 1.29 is 28.2 Å². The number of benzene rings is 1. The second kappa shape index (κ2) is 5.61. The monoisotopic (exact) mass is 276 g/mol. The zero-order valence-corrected chi connectivity index (χ0v) is 10.6. The lowest BCUT2D eigenvalue weighted by molar-refractivity contribution is -0.139. The Morgan fingerprint density at radius 2 is 1.74 bits per heavy atom. The van der Waals surface area contributed by atoms with E-state index >= 15 is 0 Å². The van der Waals surface area contributed by atoms with Gasteiger partial charge in [-0.3, -0.25) is 4.79 Å². The van der Waals surface area contributed by atoms with Crippen molar-refractivity contribution in [3.8, 4) is 0 Å². The van der Waals surface area contributed by atoms with E-state index in [0.717, 1.165) is 0 Å². The summed E-state index contributed by atoms with van der Waals surface area (Å²) < 4.78 is 39.2. The fourth-order valence-electron chi connectivity index (χ4n) is 1.91. The molecular formula is C13H15F3O3. The molecule has 0 amide bonds. The van der Waals surface area contributed by atoms with Crippen molar-refractivity contribution in [3.63, 3.8) is 0 Å². The SMILES string of the molecule is CC(C)(CC(=O)O)CC(O)c1cc(F)c(F)cc1F. The zero-order chi connectivity index (χ0) is 14.8. The normalized spacial score (nSPS) is 13.4. The first-order valence-electron chi connectivity index (χ1n) is 5.67. The summed E-state index contributed by atoms with van der Waals surface area (Å²) in [6, 6.07) is 0.949. The standard InChI is InChI=1S/C13H15F3O3/c1-13(2,6-12(18)19)5-11(17)7-3-9(15)10(16)4-8(7)14/h3-4,11,17H,5-6H2,1-2H3,(H,18,19). The topological polar surface area (TPSA) is 57.5 Å². The third-order valence-electron chi connectivity index (χ3n) is 2.77. The Morgan fingerprint density at radius 1 is 1.21 bits per heavy atom. The molecule has 0 aliphatic rings. The Bertz CT molecular complexity index is 486. The van der Waals surface area contributed by atoms with E-state index in [1.54, 1.807) is 13.8 Å². The maximum Gasteiger partial charge on any atom is 0.303 e. The summed E-state index contributed by atoms with van der Waals surface area (Å²) in [6.07, 6.45) is -1.71. The van der Waals surface area contributed by atoms with Crippen molar-refractivity contribution in [1.29, 1.82) is 0 Å². The van der Waals surface area contributed by atoms with Gasteiger partial charge in [0.15, 0.2) is 11.6 Å². The number of carbonyl (C=O) groups is 1. The molecule has 19 heavy (non-hydrogen) atoms. The number of carboxylic acids is 1. The smallest absolute Gasteiger partial charge is 0.303 e. The third-order valence-corrected chi connectivity index (χ3v) is 2.77. The molecule has 106 valence electrons. The molecule has 0 fully saturated rings. The van der Waals surface area contributed by atoms with Crippen LogP contribution in [0.25, 0.3) is 0 Å². The van der Waals surface area contributed by atoms with Crippen molar-refractivity contribution >= 4 is 5.97 Å². The number of aliphatic hydroxyl groups excluding tert-OH is 1. The summed E-state index contributed by atoms with van der Waals surface area (Å²) in [6.45, 7) is 3.17. The Kier molecular flexibility index (Phi) is 4.57. The van der Waals surface area contributed by atoms with Crippen LogP contribution in [0.15, 0.2) is 12.1 Å². The van der Waals surface area contributed by atoms with Gasteiger partial charge in [-0.15, -0.1) is 0 Å². The maximum absolute atomic E-state index is 13.4. The summed E-state index contributed by atoms with van der Waals surface area (Å²) >= 11 is 0. The first kappa shape index (κ1) is 15.5. The van der Waals surface area contributed by atoms with Crippen LogP contribution in [0, 0.1) is 22.9 Å². The van der Waals surface area contributed by atoms with Crippen molar-refractivity contribution in [2.45, 2.75) is 32.8 Å². The lowest BCUT2D eigenvalue weighted by atomic mass is 9.82. The van der Waals surface area contributed by atoms with E-state index in [0.29, 0.717) is 12.1 Å². The van der Waals surface area contributed by atoms with Gasteiger partial charge < -0.3 is 10.2 Å². The molecule has 0 spiro atoms. The summed E-state index contributed by atoms with van der Waals surface area (Å²) in [5.74, 6) is -4.70. The second-order valence-electron chi connectivity index (χ2n) is 5.24. The third kappa shape index (κ3) is 4.24. The Morgan fingerprint density at radius 3 is 2.26 bits per heavy atom. The van der Waals surface area contributed by atoms with Gasteiger partial charge in [-0.2, -0.15) is 0 Å². The highest BCUT2D eigenvalue weighted by atomic mass is 19.2. The van der Waals surface area contributed by atoms with E-state index in [1.807, 2.05) is 0 Å². The Balaban J connectivity index is 2.92. The molecule has 0 saturated carbocycles. The van der Waals surface area contributed by atoms with Crippen LogP contribution in [0.3, 0.4) is 0 Å². The van der Waals surface area contributed by atoms with Crippen LogP contribution in [0.5, 0.6) is 0 Å². The molecular weight excluding hydrogens is 261 g/mol. The van der Waals surface area contributed by atoms with Gasteiger partial charge in [-0.1, -0.05) is 13.8 Å². The Hall–Kier alpha value is -1.56. The minimum atomic E-state index is -1.40. The van der Waals surface area contributed by atoms with Gasteiger partial charge >= 0.3 is 5.97 Å². The van der Waals surface area contributed by atoms with Crippen LogP contribution in [-0.4, -0.2) is 16.2 Å². The van der Waals surface area contributed by atoms with Crippen LogP contribution in [0.2, 0.25) is 0 Å². The van der Waals surface area contributed by atoms with Gasteiger partial charge in [-0.05, 0) is 17.9 Å². The van der Waals surface area contributed by atoms with E-state index in [-0.39, 0.29) is 18.4 Å². The summed E-state index contributed by atoms with van der Waals surface area (Å²) in [5, 5.41) is 18.5. The molecule has 2 N–H and O–H groups in total. The van der Waals surface area contributed by atoms with Crippen molar-refractivity contribution in [2.24, 2.45) is 5.41 Å². The van der Waals surface area contributed by atoms with Crippen LogP contribution in [0.1, 0.15) is 38.4 Å². The number of aliphatic carboxylic acids is 1. The number of aliphatic hydroxyl groups is 1. The highest BCUT2D eigenvalue weighted by Crippen LogP contribution is 2.34. The number of halogens is 3. The maximum atomic E-state index is 13.4. The average Bonchev–Trinajstić information content (AvgIpc) is 2.20. The minimum absolute atomic E-state index is 0.0821. The van der Waals surface area contributed by atoms with E-state index < -0.39 is 34.9 Å². The predicted octanol–water partition coefficient (Wildman–Crippen LogP) is 3.03. The van der Waals surface area contributed by atoms with Gasteiger partial charge in [-0.25, -0.2) is 13.2 Å². The molecule has 1 rings (SSSR count). The van der Waals surface area contributed by atoms with Crippen molar-refractivity contribution in [1.82, 2.24) is 0 Å². The van der Waals surface area contributed by atoms with E-state index in [9.17, 15) is 23.1 Å². The summed E-state index contributed by atoms with van der Waals surface area (Å²) in [4.78, 5) is 10.6. The van der Waals surface area contributed by atoms with E-state index in [1.165, 1.54) is 0 Å². The zero-order valence-electron chi connectivity index (χ0n) is 10.6. The van der Waals surface area contributed by atoms with Gasteiger partial charge in [0.05, 0.1) is 12.5 Å². The molecule has 0 radical (unpaired) electrons. The predicted molar refractivity (Wildman–Crippen MR) is 61.9 cm³/mol. The first-order chi connectivity index (χ1) is 8.62. The number of hydrogen-bond acceptors (Lipinski definition) is 2. The minimum Gasteiger partial charge on any atom is -0.481 e. The van der Waals surface area contributed by atoms with Crippen molar-refractivity contribution in [2.75, 3.05) is 0 Å². The molecule has 1 aromatic rings. The molecule has 6 heteroatoms. The molecule has 0 saturated heterocycles. The molecule has 3 nitrogen and oxygen atoms in total. The van der Waals surface area contributed by atoms with Crippen LogP contribution >= 0.6 is 0 Å². The van der Waals surface area contributed by atoms with Gasteiger partial charge in [0, 0.05) is 11.6 Å². The summed E-state index contributed by atoms with van der Waals surface area (Å²) in [5.41, 5.74) is -1.18. The molecule has 1 aromatic carbocycles. The molecule has 0 aliphatic carbocycles. The molecule has 0 heterocycles. The van der Waals surface area contributed by atoms with Crippen LogP contribution < -0.4 is 0 Å². The lowest BCUT2D eigenvalue weighted by Crippen LogP contribution is -2.20. The average molecular weight is 276 g/mol. The van der Waals surface area contributed by atoms with Crippen LogP contribution in [-0.2, 0) is 4.79 Å². The molecule has 1 unspecified atom stereocenters. The molecule has 0 aromatic heterocycles. The highest BCUT2D eigenvalue weighted by molar-refractivity contribution is 5.67. The second-order valence-corrected chi connectivity index (χ2v) is 5.24. The van der Waals surface area contributed by atoms with Crippen LogP contribution in [0.4, 0.5) is 13.2 Å². The molecule has 0 bridgehead atoms. The number of rotatable bonds is 5. The van der Waals surface area contributed by atoms with Gasteiger partial charge in [0.25, 0.3) is 0 Å². The van der Waals surface area contributed by atoms with Gasteiger partial charge in [0.2, 0.25) is 0 Å². The first-order valence-corrected chi connectivity index (χ1v) is 5.67. The van der Waals surface area contributed by atoms with E-state index in [2.05, 4.69) is 0 Å². The Labute approximate surface area is 108 Å². The largest absolute Gasteiger partial charge is 0.481 e. The highest BCUT2D eigenvalue weighted by Gasteiger charge is 2.28. The molecule has 1 atom stereocenters. The fraction of sp³-hybridized carbons (Fsp3) is 0.462. The van der Waals surface area contributed by atoms with Crippen molar-refractivity contribution in [3.05, 3.63) is 35.1 Å². The molecule has 0 aliphatic heterocycles. The van der Waals surface area contributed by atoms with E-state index in [4.69, 9.17) is 5.11 Å². The number of carboxylic acid groups (broad SMARTS) is 1.